The number of benzene rings is 3. The van der Waals surface area contributed by atoms with Gasteiger partial charge in [-0.15, -0.1) is 0 Å². The van der Waals surface area contributed by atoms with Crippen molar-refractivity contribution >= 4 is 11.6 Å². The van der Waals surface area contributed by atoms with Gasteiger partial charge in [0.25, 0.3) is 5.91 Å². The number of nitrogens with zero attached hydrogens (tertiary/aromatic N) is 2. The number of hydrogen-bond donors (Lipinski definition) is 1. The van der Waals surface area contributed by atoms with Crippen LogP contribution in [-0.2, 0) is 6.54 Å². The van der Waals surface area contributed by atoms with Crippen molar-refractivity contribution in [3.63, 3.8) is 0 Å². The molecule has 2 aliphatic heterocycles. The van der Waals surface area contributed by atoms with E-state index in [9.17, 15) is 4.79 Å². The lowest BCUT2D eigenvalue weighted by Crippen LogP contribution is -2.43. The molecule has 37 heavy (non-hydrogen) atoms. The Morgan fingerprint density at radius 1 is 0.919 bits per heavy atom. The summed E-state index contributed by atoms with van der Waals surface area (Å²) in [6.07, 6.45) is 1.57. The van der Waals surface area contributed by atoms with Gasteiger partial charge in [-0.2, -0.15) is 0 Å². The van der Waals surface area contributed by atoms with Gasteiger partial charge in [-0.05, 0) is 54.8 Å². The van der Waals surface area contributed by atoms with E-state index in [1.54, 1.807) is 14.2 Å². The number of carbonyl (C=O) groups excluding carboxylic acids is 1. The maximum Gasteiger partial charge on any atom is 0.255 e. The Balaban J connectivity index is 1.40. The molecule has 0 radical (unpaired) electrons. The Labute approximate surface area is 218 Å². The molecule has 194 valence electrons. The second-order valence-corrected chi connectivity index (χ2v) is 9.41. The predicted molar refractivity (Wildman–Crippen MR) is 145 cm³/mol. The van der Waals surface area contributed by atoms with E-state index in [0.29, 0.717) is 24.7 Å². The zero-order valence-corrected chi connectivity index (χ0v) is 21.6. The van der Waals surface area contributed by atoms with Gasteiger partial charge in [0.15, 0.2) is 11.5 Å². The van der Waals surface area contributed by atoms with Gasteiger partial charge in [0.1, 0.15) is 5.75 Å². The van der Waals surface area contributed by atoms with Gasteiger partial charge in [0.2, 0.25) is 0 Å². The van der Waals surface area contributed by atoms with Crippen molar-refractivity contribution in [1.82, 2.24) is 10.2 Å². The molecule has 1 saturated heterocycles. The van der Waals surface area contributed by atoms with Gasteiger partial charge in [-0.1, -0.05) is 30.3 Å². The van der Waals surface area contributed by atoms with Crippen molar-refractivity contribution in [2.45, 2.75) is 25.4 Å². The standard InChI is InChI=1S/C30H35N3O4/c1-35-28-14-13-22(20-29(28)36-2)26(12-7-19-37-23-8-4-3-5-9-23)33-21-25-24(30(33)34)10-6-11-27(25)32-17-15-31-16-18-32/h3-6,8-11,13-14,20,26,31H,7,12,15-19,21H2,1-2H3/t26-/m1/s1. The van der Waals surface area contributed by atoms with Crippen LogP contribution in [0.5, 0.6) is 17.2 Å². The van der Waals surface area contributed by atoms with Crippen molar-refractivity contribution in [3.05, 3.63) is 83.4 Å². The minimum Gasteiger partial charge on any atom is -0.494 e. The lowest BCUT2D eigenvalue weighted by atomic mass is 9.99. The highest BCUT2D eigenvalue weighted by Gasteiger charge is 2.36. The Hall–Kier alpha value is -3.71. The molecular formula is C30H35N3O4. The van der Waals surface area contributed by atoms with Crippen LogP contribution in [0.3, 0.4) is 0 Å². The maximum atomic E-state index is 13.8. The Bertz CT molecular complexity index is 1210. The quantitative estimate of drug-likeness (QED) is 0.408. The van der Waals surface area contributed by atoms with Crippen molar-refractivity contribution < 1.29 is 19.0 Å². The summed E-state index contributed by atoms with van der Waals surface area (Å²) >= 11 is 0. The smallest absolute Gasteiger partial charge is 0.255 e. The van der Waals surface area contributed by atoms with E-state index in [1.165, 1.54) is 5.69 Å². The minimum absolute atomic E-state index is 0.0794. The average Bonchev–Trinajstić information content (AvgIpc) is 3.29. The van der Waals surface area contributed by atoms with Gasteiger partial charge in [-0.3, -0.25) is 4.79 Å². The highest BCUT2D eigenvalue weighted by Crippen LogP contribution is 2.40. The van der Waals surface area contributed by atoms with E-state index in [2.05, 4.69) is 16.3 Å². The summed E-state index contributed by atoms with van der Waals surface area (Å²) in [5, 5.41) is 3.42. The maximum absolute atomic E-state index is 13.8. The number of anilines is 1. The van der Waals surface area contributed by atoms with Crippen molar-refractivity contribution in [2.75, 3.05) is 51.9 Å². The molecule has 0 aliphatic carbocycles. The molecule has 7 nitrogen and oxygen atoms in total. The first-order valence-electron chi connectivity index (χ1n) is 13.0. The lowest BCUT2D eigenvalue weighted by Gasteiger charge is -2.32. The number of methoxy groups -OCH3 is 2. The number of para-hydroxylation sites is 1. The molecule has 1 fully saturated rings. The molecule has 3 aromatic rings. The molecule has 0 bridgehead atoms. The van der Waals surface area contributed by atoms with E-state index < -0.39 is 0 Å². The van der Waals surface area contributed by atoms with Gasteiger partial charge < -0.3 is 29.3 Å². The van der Waals surface area contributed by atoms with Crippen LogP contribution in [0.1, 0.15) is 40.4 Å². The van der Waals surface area contributed by atoms with E-state index in [0.717, 1.165) is 61.5 Å². The molecular weight excluding hydrogens is 466 g/mol. The van der Waals surface area contributed by atoms with E-state index in [-0.39, 0.29) is 11.9 Å². The van der Waals surface area contributed by atoms with E-state index >= 15 is 0 Å². The normalized spacial score (nSPS) is 15.9. The van der Waals surface area contributed by atoms with Crippen LogP contribution in [0.25, 0.3) is 0 Å². The largest absolute Gasteiger partial charge is 0.494 e. The lowest BCUT2D eigenvalue weighted by molar-refractivity contribution is 0.0684. The number of ether oxygens (including phenoxy) is 3. The number of carbonyl (C=O) groups is 1. The molecule has 2 heterocycles. The summed E-state index contributed by atoms with van der Waals surface area (Å²) in [5.41, 5.74) is 4.14. The first-order valence-corrected chi connectivity index (χ1v) is 13.0. The number of hydrogen-bond acceptors (Lipinski definition) is 6. The predicted octanol–water partition coefficient (Wildman–Crippen LogP) is 4.67. The third-order valence-electron chi connectivity index (χ3n) is 7.23. The molecule has 0 unspecified atom stereocenters. The fraction of sp³-hybridized carbons (Fsp3) is 0.367. The topological polar surface area (TPSA) is 63.3 Å². The van der Waals surface area contributed by atoms with E-state index in [1.807, 2.05) is 65.6 Å². The zero-order valence-electron chi connectivity index (χ0n) is 21.6. The third-order valence-corrected chi connectivity index (χ3v) is 7.23. The van der Waals surface area contributed by atoms with Gasteiger partial charge in [0, 0.05) is 49.5 Å². The number of piperazine rings is 1. The number of rotatable bonds is 10. The summed E-state index contributed by atoms with van der Waals surface area (Å²) < 4.78 is 17.0. The van der Waals surface area contributed by atoms with Gasteiger partial charge in [0.05, 0.1) is 26.9 Å². The second-order valence-electron chi connectivity index (χ2n) is 9.41. The number of fused-ring (bicyclic) bond motifs is 1. The van der Waals surface area contributed by atoms with Crippen LogP contribution in [0.2, 0.25) is 0 Å². The summed E-state index contributed by atoms with van der Waals surface area (Å²) in [5.74, 6) is 2.27. The van der Waals surface area contributed by atoms with Crippen LogP contribution in [0.4, 0.5) is 5.69 Å². The summed E-state index contributed by atoms with van der Waals surface area (Å²) in [4.78, 5) is 18.2. The fourth-order valence-corrected chi connectivity index (χ4v) is 5.34. The SMILES string of the molecule is COc1ccc([C@@H](CCCOc2ccccc2)N2Cc3c(cccc3N3CCNCC3)C2=O)cc1OC. The Kier molecular flexibility index (Phi) is 7.80. The Morgan fingerprint density at radius 2 is 1.70 bits per heavy atom. The molecule has 0 saturated carbocycles. The Morgan fingerprint density at radius 3 is 2.46 bits per heavy atom. The minimum atomic E-state index is -0.116. The molecule has 7 heteroatoms. The summed E-state index contributed by atoms with van der Waals surface area (Å²) in [6.45, 7) is 4.97. The van der Waals surface area contributed by atoms with Crippen LogP contribution in [-0.4, -0.2) is 57.8 Å². The summed E-state index contributed by atoms with van der Waals surface area (Å²) in [6, 6.07) is 21.8. The second kappa shape index (κ2) is 11.6. The molecule has 1 N–H and O–H groups in total. The van der Waals surface area contributed by atoms with Crippen LogP contribution >= 0.6 is 0 Å². The molecule has 1 amide bonds. The molecule has 0 aromatic heterocycles. The molecule has 0 spiro atoms. The van der Waals surface area contributed by atoms with Crippen molar-refractivity contribution in [3.8, 4) is 17.2 Å². The monoisotopic (exact) mass is 501 g/mol. The first-order chi connectivity index (χ1) is 18.2. The molecule has 5 rings (SSSR count). The first kappa shape index (κ1) is 25.0. The highest BCUT2D eigenvalue weighted by molar-refractivity contribution is 6.00. The van der Waals surface area contributed by atoms with E-state index in [4.69, 9.17) is 14.2 Å². The molecule has 3 aromatic carbocycles. The highest BCUT2D eigenvalue weighted by atomic mass is 16.5. The molecule has 1 atom stereocenters. The number of nitrogens with one attached hydrogen (secondary N) is 1. The number of amides is 1. The zero-order chi connectivity index (χ0) is 25.6. The van der Waals surface area contributed by atoms with Crippen LogP contribution < -0.4 is 24.4 Å². The third kappa shape index (κ3) is 5.37. The van der Waals surface area contributed by atoms with Crippen LogP contribution in [0.15, 0.2) is 66.7 Å². The van der Waals surface area contributed by atoms with Crippen LogP contribution in [0, 0.1) is 0 Å². The van der Waals surface area contributed by atoms with Gasteiger partial charge >= 0.3 is 0 Å². The molecule has 2 aliphatic rings. The average molecular weight is 502 g/mol. The fourth-order valence-electron chi connectivity index (χ4n) is 5.34. The van der Waals surface area contributed by atoms with Crippen molar-refractivity contribution in [2.24, 2.45) is 0 Å². The summed E-state index contributed by atoms with van der Waals surface area (Å²) in [7, 11) is 3.27. The van der Waals surface area contributed by atoms with Crippen molar-refractivity contribution in [1.29, 1.82) is 0 Å². The van der Waals surface area contributed by atoms with Gasteiger partial charge in [-0.25, -0.2) is 0 Å².